The highest BCUT2D eigenvalue weighted by molar-refractivity contribution is 5.64. The van der Waals surface area contributed by atoms with Crippen LogP contribution in [0, 0.1) is 28.4 Å². The maximum absolute atomic E-state index is 11.4. The van der Waals surface area contributed by atoms with Gasteiger partial charge in [-0.3, -0.25) is 15.1 Å². The molecule has 0 aliphatic carbocycles. The highest BCUT2D eigenvalue weighted by atomic mass is 16.6. The number of nitrogens with one attached hydrogen (secondary N) is 1. The molecule has 3 aromatic rings. The minimum absolute atomic E-state index is 0.126. The van der Waals surface area contributed by atoms with E-state index in [0.29, 0.717) is 12.1 Å². The lowest BCUT2D eigenvalue weighted by Crippen LogP contribution is -2.16. The van der Waals surface area contributed by atoms with Crippen LogP contribution in [-0.4, -0.2) is 9.91 Å². The first-order chi connectivity index (χ1) is 13.1. The first-order valence-electron chi connectivity index (χ1n) is 8.48. The largest absolute Gasteiger partial charge is 0.371 e. The van der Waals surface area contributed by atoms with E-state index >= 15 is 0 Å². The summed E-state index contributed by atoms with van der Waals surface area (Å²) in [6.45, 7) is 2.03. The average Bonchev–Trinajstić information content (AvgIpc) is 2.70. The third kappa shape index (κ3) is 4.47. The van der Waals surface area contributed by atoms with Crippen LogP contribution in [-0.2, 0) is 6.42 Å². The van der Waals surface area contributed by atoms with E-state index < -0.39 is 4.92 Å². The summed E-state index contributed by atoms with van der Waals surface area (Å²) in [5, 5.41) is 23.7. The molecule has 6 heteroatoms. The van der Waals surface area contributed by atoms with Crippen LogP contribution in [0.5, 0.6) is 0 Å². The van der Waals surface area contributed by atoms with E-state index in [2.05, 4.69) is 10.3 Å². The van der Waals surface area contributed by atoms with Gasteiger partial charge in [0.05, 0.1) is 28.3 Å². The van der Waals surface area contributed by atoms with Crippen molar-refractivity contribution in [2.45, 2.75) is 19.4 Å². The standard InChI is InChI=1S/C21H18N4O2/c1-15-5-7-16(8-6-15)12-20(18-4-2-3-11-23-18)24-19-10-9-17(14-22)13-21(19)25(26)27/h2-11,13,20,24H,12H2,1H3. The van der Waals surface area contributed by atoms with Gasteiger partial charge < -0.3 is 5.32 Å². The summed E-state index contributed by atoms with van der Waals surface area (Å²) in [5.74, 6) is 0. The molecule has 0 aliphatic rings. The molecular formula is C21H18N4O2. The Morgan fingerprint density at radius 2 is 1.96 bits per heavy atom. The summed E-state index contributed by atoms with van der Waals surface area (Å²) in [4.78, 5) is 15.4. The Labute approximate surface area is 157 Å². The lowest BCUT2D eigenvalue weighted by Gasteiger charge is -2.20. The molecule has 1 unspecified atom stereocenters. The van der Waals surface area contributed by atoms with Gasteiger partial charge in [0.25, 0.3) is 5.69 Å². The second-order valence-electron chi connectivity index (χ2n) is 6.24. The van der Waals surface area contributed by atoms with Gasteiger partial charge in [0.2, 0.25) is 0 Å². The van der Waals surface area contributed by atoms with Gasteiger partial charge in [-0.25, -0.2) is 0 Å². The Balaban J connectivity index is 1.96. The van der Waals surface area contributed by atoms with Crippen molar-refractivity contribution in [1.29, 1.82) is 5.26 Å². The maximum Gasteiger partial charge on any atom is 0.293 e. The second kappa shape index (κ2) is 8.11. The van der Waals surface area contributed by atoms with Crippen LogP contribution in [0.3, 0.4) is 0 Å². The zero-order valence-electron chi connectivity index (χ0n) is 14.8. The van der Waals surface area contributed by atoms with Crippen molar-refractivity contribution in [3.63, 3.8) is 0 Å². The van der Waals surface area contributed by atoms with Crippen LogP contribution in [0.4, 0.5) is 11.4 Å². The zero-order valence-corrected chi connectivity index (χ0v) is 14.8. The Kier molecular flexibility index (Phi) is 5.43. The topological polar surface area (TPSA) is 91.8 Å². The van der Waals surface area contributed by atoms with E-state index in [9.17, 15) is 10.1 Å². The normalized spacial score (nSPS) is 11.4. The number of rotatable bonds is 6. The predicted octanol–water partition coefficient (Wildman–Crippen LogP) is 4.57. The third-order valence-corrected chi connectivity index (χ3v) is 4.26. The van der Waals surface area contributed by atoms with Crippen molar-refractivity contribution in [3.8, 4) is 6.07 Å². The van der Waals surface area contributed by atoms with Crippen molar-refractivity contribution in [2.75, 3.05) is 5.32 Å². The minimum atomic E-state index is -0.482. The number of anilines is 1. The summed E-state index contributed by atoms with van der Waals surface area (Å²) in [7, 11) is 0. The molecule has 0 aliphatic heterocycles. The van der Waals surface area contributed by atoms with Gasteiger partial charge in [-0.05, 0) is 43.2 Å². The molecular weight excluding hydrogens is 340 g/mol. The summed E-state index contributed by atoms with van der Waals surface area (Å²) in [5.41, 5.74) is 3.54. The first-order valence-corrected chi connectivity index (χ1v) is 8.48. The van der Waals surface area contributed by atoms with E-state index in [4.69, 9.17) is 5.26 Å². The number of aromatic nitrogens is 1. The van der Waals surface area contributed by atoms with Gasteiger partial charge in [0.15, 0.2) is 0 Å². The van der Waals surface area contributed by atoms with E-state index in [0.717, 1.165) is 11.3 Å². The molecule has 3 rings (SSSR count). The number of nitrogens with zero attached hydrogens (tertiary/aromatic N) is 3. The molecule has 27 heavy (non-hydrogen) atoms. The molecule has 0 fully saturated rings. The fourth-order valence-electron chi connectivity index (χ4n) is 2.83. The lowest BCUT2D eigenvalue weighted by atomic mass is 10.0. The van der Waals surface area contributed by atoms with Crippen molar-refractivity contribution in [3.05, 3.63) is 99.4 Å². The van der Waals surface area contributed by atoms with Gasteiger partial charge in [-0.2, -0.15) is 5.26 Å². The number of hydrogen-bond donors (Lipinski definition) is 1. The summed E-state index contributed by atoms with van der Waals surface area (Å²) in [6, 6.07) is 19.9. The van der Waals surface area contributed by atoms with Gasteiger partial charge in [0, 0.05) is 12.3 Å². The number of pyridine rings is 1. The zero-order chi connectivity index (χ0) is 19.2. The van der Waals surface area contributed by atoms with Crippen LogP contribution >= 0.6 is 0 Å². The molecule has 1 atom stereocenters. The third-order valence-electron chi connectivity index (χ3n) is 4.26. The van der Waals surface area contributed by atoms with Crippen LogP contribution in [0.1, 0.15) is 28.4 Å². The van der Waals surface area contributed by atoms with E-state index in [1.54, 1.807) is 18.3 Å². The summed E-state index contributed by atoms with van der Waals surface area (Å²) < 4.78 is 0. The highest BCUT2D eigenvalue weighted by Crippen LogP contribution is 2.30. The second-order valence-corrected chi connectivity index (χ2v) is 6.24. The van der Waals surface area contributed by atoms with Crippen molar-refractivity contribution < 1.29 is 4.92 Å². The Hall–Kier alpha value is -3.72. The minimum Gasteiger partial charge on any atom is -0.371 e. The smallest absolute Gasteiger partial charge is 0.293 e. The van der Waals surface area contributed by atoms with Crippen molar-refractivity contribution >= 4 is 11.4 Å². The van der Waals surface area contributed by atoms with E-state index in [1.165, 1.54) is 11.6 Å². The van der Waals surface area contributed by atoms with Crippen LogP contribution < -0.4 is 5.32 Å². The molecule has 0 amide bonds. The quantitative estimate of drug-likeness (QED) is 0.515. The van der Waals surface area contributed by atoms with Gasteiger partial charge in [-0.15, -0.1) is 0 Å². The van der Waals surface area contributed by atoms with Gasteiger partial charge >= 0.3 is 0 Å². The molecule has 0 saturated heterocycles. The van der Waals surface area contributed by atoms with Crippen molar-refractivity contribution in [2.24, 2.45) is 0 Å². The number of benzene rings is 2. The molecule has 1 aromatic heterocycles. The molecule has 134 valence electrons. The van der Waals surface area contributed by atoms with Crippen LogP contribution in [0.25, 0.3) is 0 Å². The number of nitro benzene ring substituents is 1. The fourth-order valence-corrected chi connectivity index (χ4v) is 2.83. The average molecular weight is 358 g/mol. The van der Waals surface area contributed by atoms with Crippen LogP contribution in [0.2, 0.25) is 0 Å². The molecule has 6 nitrogen and oxygen atoms in total. The summed E-state index contributed by atoms with van der Waals surface area (Å²) >= 11 is 0. The number of aryl methyl sites for hydroxylation is 1. The lowest BCUT2D eigenvalue weighted by molar-refractivity contribution is -0.384. The van der Waals surface area contributed by atoms with Gasteiger partial charge in [-0.1, -0.05) is 35.9 Å². The Morgan fingerprint density at radius 1 is 1.19 bits per heavy atom. The Morgan fingerprint density at radius 3 is 2.59 bits per heavy atom. The summed E-state index contributed by atoms with van der Waals surface area (Å²) in [6.07, 6.45) is 2.32. The molecule has 0 spiro atoms. The number of nitro groups is 1. The van der Waals surface area contributed by atoms with E-state index in [1.807, 2.05) is 55.5 Å². The molecule has 2 aromatic carbocycles. The highest BCUT2D eigenvalue weighted by Gasteiger charge is 2.20. The molecule has 0 bridgehead atoms. The molecule has 1 N–H and O–H groups in total. The fraction of sp³-hybridized carbons (Fsp3) is 0.143. The molecule has 1 heterocycles. The Bertz CT molecular complexity index is 979. The maximum atomic E-state index is 11.4. The van der Waals surface area contributed by atoms with Gasteiger partial charge in [0.1, 0.15) is 5.69 Å². The predicted molar refractivity (Wildman–Crippen MR) is 103 cm³/mol. The molecule has 0 radical (unpaired) electrons. The number of hydrogen-bond acceptors (Lipinski definition) is 5. The first kappa shape index (κ1) is 18.1. The van der Waals surface area contributed by atoms with Crippen molar-refractivity contribution in [1.82, 2.24) is 4.98 Å². The molecule has 0 saturated carbocycles. The monoisotopic (exact) mass is 358 g/mol. The number of nitriles is 1. The SMILES string of the molecule is Cc1ccc(CC(Nc2ccc(C#N)cc2[N+](=O)[O-])c2ccccn2)cc1. The van der Waals surface area contributed by atoms with Crippen LogP contribution in [0.15, 0.2) is 66.9 Å². The van der Waals surface area contributed by atoms with E-state index in [-0.39, 0.29) is 17.3 Å².